The standard InChI is InChI=1S/C8H2ClF5N2O3/c9-6(17)2-1-15-4(7(10)11)3(8(12,13)14)5(2)16(18)19/h1,7H. The normalized spacial score (nSPS) is 11.7. The Bertz CT molecular complexity index is 546. The van der Waals surface area contributed by atoms with Crippen LogP contribution in [0.25, 0.3) is 0 Å². The van der Waals surface area contributed by atoms with Gasteiger partial charge in [-0.05, 0) is 11.6 Å². The fraction of sp³-hybridized carbons (Fsp3) is 0.250. The van der Waals surface area contributed by atoms with Crippen LogP contribution in [0.15, 0.2) is 6.20 Å². The zero-order chi connectivity index (χ0) is 15.0. The summed E-state index contributed by atoms with van der Waals surface area (Å²) in [5.74, 6) is 0. The highest BCUT2D eigenvalue weighted by Crippen LogP contribution is 2.42. The molecule has 104 valence electrons. The first-order chi connectivity index (χ1) is 8.57. The summed E-state index contributed by atoms with van der Waals surface area (Å²) in [6.07, 6.45) is -8.97. The van der Waals surface area contributed by atoms with Crippen molar-refractivity contribution in [3.8, 4) is 0 Å². The van der Waals surface area contributed by atoms with Crippen LogP contribution in [0.1, 0.15) is 28.0 Å². The van der Waals surface area contributed by atoms with E-state index in [9.17, 15) is 36.9 Å². The van der Waals surface area contributed by atoms with Crippen LogP contribution in [0, 0.1) is 10.1 Å². The molecule has 0 aliphatic carbocycles. The minimum atomic E-state index is -5.48. The molecule has 0 unspecified atom stereocenters. The quantitative estimate of drug-likeness (QED) is 0.371. The van der Waals surface area contributed by atoms with Crippen molar-refractivity contribution in [2.45, 2.75) is 12.6 Å². The second-order valence-corrected chi connectivity index (χ2v) is 3.45. The molecule has 1 rings (SSSR count). The molecular formula is C8H2ClF5N2O3. The molecule has 0 bridgehead atoms. The molecule has 0 saturated heterocycles. The Morgan fingerprint density at radius 3 is 2.26 bits per heavy atom. The topological polar surface area (TPSA) is 73.1 Å². The van der Waals surface area contributed by atoms with Gasteiger partial charge in [-0.1, -0.05) is 0 Å². The van der Waals surface area contributed by atoms with Crippen molar-refractivity contribution in [3.05, 3.63) is 33.1 Å². The van der Waals surface area contributed by atoms with Crippen molar-refractivity contribution < 1.29 is 31.7 Å². The molecule has 19 heavy (non-hydrogen) atoms. The summed E-state index contributed by atoms with van der Waals surface area (Å²) >= 11 is 4.87. The molecular weight excluding hydrogens is 303 g/mol. The van der Waals surface area contributed by atoms with E-state index in [2.05, 4.69) is 4.98 Å². The number of alkyl halides is 5. The van der Waals surface area contributed by atoms with E-state index in [1.807, 2.05) is 0 Å². The number of aromatic nitrogens is 1. The smallest absolute Gasteiger partial charge is 0.275 e. The molecule has 0 radical (unpaired) electrons. The van der Waals surface area contributed by atoms with E-state index in [0.717, 1.165) is 0 Å². The summed E-state index contributed by atoms with van der Waals surface area (Å²) < 4.78 is 62.8. The van der Waals surface area contributed by atoms with Gasteiger partial charge in [0.15, 0.2) is 5.56 Å². The summed E-state index contributed by atoms with van der Waals surface area (Å²) in [7, 11) is 0. The molecule has 1 aromatic heterocycles. The first-order valence-electron chi connectivity index (χ1n) is 4.29. The zero-order valence-corrected chi connectivity index (χ0v) is 9.30. The molecule has 0 N–H and O–H groups in total. The Labute approximate surface area is 106 Å². The lowest BCUT2D eigenvalue weighted by molar-refractivity contribution is -0.388. The van der Waals surface area contributed by atoms with Crippen molar-refractivity contribution in [1.82, 2.24) is 4.98 Å². The fourth-order valence-electron chi connectivity index (χ4n) is 1.29. The van der Waals surface area contributed by atoms with Crippen LogP contribution in [0.5, 0.6) is 0 Å². The first kappa shape index (κ1) is 15.2. The van der Waals surface area contributed by atoms with Crippen LogP contribution >= 0.6 is 11.6 Å². The van der Waals surface area contributed by atoms with Gasteiger partial charge in [0.25, 0.3) is 17.4 Å². The number of carbonyl (C=O) groups excluding carboxylic acids is 1. The van der Waals surface area contributed by atoms with Gasteiger partial charge < -0.3 is 0 Å². The van der Waals surface area contributed by atoms with Crippen LogP contribution in [0.3, 0.4) is 0 Å². The third kappa shape index (κ3) is 2.95. The highest BCUT2D eigenvalue weighted by molar-refractivity contribution is 6.68. The predicted molar refractivity (Wildman–Crippen MR) is 51.0 cm³/mol. The second kappa shape index (κ2) is 5.03. The summed E-state index contributed by atoms with van der Waals surface area (Å²) in [4.78, 5) is 22.5. The maximum atomic E-state index is 12.6. The molecule has 0 aliphatic heterocycles. The minimum absolute atomic E-state index is 0.212. The van der Waals surface area contributed by atoms with Gasteiger partial charge >= 0.3 is 6.18 Å². The Balaban J connectivity index is 3.83. The molecule has 5 nitrogen and oxygen atoms in total. The Kier molecular flexibility index (Phi) is 4.03. The summed E-state index contributed by atoms with van der Waals surface area (Å²) in [6.45, 7) is 0. The molecule has 0 aromatic carbocycles. The summed E-state index contributed by atoms with van der Waals surface area (Å²) in [5, 5.41) is 8.98. The molecule has 0 spiro atoms. The third-order valence-corrected chi connectivity index (χ3v) is 2.17. The lowest BCUT2D eigenvalue weighted by Gasteiger charge is -2.12. The van der Waals surface area contributed by atoms with Crippen LogP contribution in [-0.2, 0) is 6.18 Å². The van der Waals surface area contributed by atoms with E-state index in [1.54, 1.807) is 0 Å². The summed E-state index contributed by atoms with van der Waals surface area (Å²) in [6, 6.07) is 0. The number of rotatable bonds is 3. The monoisotopic (exact) mass is 304 g/mol. The van der Waals surface area contributed by atoms with Crippen molar-refractivity contribution in [1.29, 1.82) is 0 Å². The van der Waals surface area contributed by atoms with Crippen molar-refractivity contribution in [2.75, 3.05) is 0 Å². The van der Waals surface area contributed by atoms with Crippen molar-refractivity contribution in [3.63, 3.8) is 0 Å². The number of carbonyl (C=O) groups is 1. The number of hydrogen-bond acceptors (Lipinski definition) is 4. The molecule has 0 fully saturated rings. The molecule has 0 aliphatic rings. The van der Waals surface area contributed by atoms with Crippen LogP contribution in [0.4, 0.5) is 27.6 Å². The first-order valence-corrected chi connectivity index (χ1v) is 4.67. The second-order valence-electron chi connectivity index (χ2n) is 3.11. The number of hydrogen-bond donors (Lipinski definition) is 0. The van der Waals surface area contributed by atoms with E-state index >= 15 is 0 Å². The minimum Gasteiger partial charge on any atom is -0.275 e. The molecule has 11 heteroatoms. The molecule has 1 aromatic rings. The zero-order valence-electron chi connectivity index (χ0n) is 8.54. The van der Waals surface area contributed by atoms with E-state index < -0.39 is 45.3 Å². The Morgan fingerprint density at radius 2 is 1.95 bits per heavy atom. The lowest BCUT2D eigenvalue weighted by Crippen LogP contribution is -2.17. The van der Waals surface area contributed by atoms with Gasteiger partial charge in [-0.2, -0.15) is 13.2 Å². The van der Waals surface area contributed by atoms with Gasteiger partial charge in [-0.15, -0.1) is 0 Å². The van der Waals surface area contributed by atoms with E-state index in [1.165, 1.54) is 0 Å². The maximum absolute atomic E-state index is 12.6. The number of nitrogens with zero attached hydrogens (tertiary/aromatic N) is 2. The number of pyridine rings is 1. The number of halogens is 6. The molecule has 0 atom stereocenters. The van der Waals surface area contributed by atoms with Gasteiger partial charge in [0.05, 0.1) is 4.92 Å². The largest absolute Gasteiger partial charge is 0.425 e. The predicted octanol–water partition coefficient (Wildman–Crippen LogP) is 3.33. The van der Waals surface area contributed by atoms with Crippen molar-refractivity contribution >= 4 is 22.5 Å². The van der Waals surface area contributed by atoms with Gasteiger partial charge in [-0.25, -0.2) is 8.78 Å². The van der Waals surface area contributed by atoms with E-state index in [-0.39, 0.29) is 6.20 Å². The number of nitro groups is 1. The van der Waals surface area contributed by atoms with Gasteiger partial charge in [0.2, 0.25) is 0 Å². The molecule has 0 amide bonds. The van der Waals surface area contributed by atoms with E-state index in [0.29, 0.717) is 0 Å². The van der Waals surface area contributed by atoms with Crippen LogP contribution in [-0.4, -0.2) is 15.1 Å². The Morgan fingerprint density at radius 1 is 1.42 bits per heavy atom. The van der Waals surface area contributed by atoms with Gasteiger partial charge in [0.1, 0.15) is 11.3 Å². The third-order valence-electron chi connectivity index (χ3n) is 1.97. The van der Waals surface area contributed by atoms with E-state index in [4.69, 9.17) is 11.6 Å². The average molecular weight is 305 g/mol. The summed E-state index contributed by atoms with van der Waals surface area (Å²) in [5.41, 5.74) is -7.15. The lowest BCUT2D eigenvalue weighted by atomic mass is 10.1. The SMILES string of the molecule is O=C(Cl)c1cnc(C(F)F)c(C(F)(F)F)c1[N+](=O)[O-]. The van der Waals surface area contributed by atoms with Crippen molar-refractivity contribution in [2.24, 2.45) is 0 Å². The average Bonchev–Trinajstić information content (AvgIpc) is 2.25. The van der Waals surface area contributed by atoms with Crippen LogP contribution in [0.2, 0.25) is 0 Å². The van der Waals surface area contributed by atoms with Crippen LogP contribution < -0.4 is 0 Å². The maximum Gasteiger partial charge on any atom is 0.425 e. The molecule has 1 heterocycles. The fourth-order valence-corrected chi connectivity index (χ4v) is 1.43. The Hall–Kier alpha value is -1.84. The highest BCUT2D eigenvalue weighted by Gasteiger charge is 2.46. The van der Waals surface area contributed by atoms with Gasteiger partial charge in [0, 0.05) is 6.20 Å². The van der Waals surface area contributed by atoms with Gasteiger partial charge in [-0.3, -0.25) is 19.9 Å². The highest BCUT2D eigenvalue weighted by atomic mass is 35.5. The molecule has 0 saturated carbocycles.